The van der Waals surface area contributed by atoms with Crippen molar-refractivity contribution in [1.29, 1.82) is 0 Å². The second kappa shape index (κ2) is 10.9. The van der Waals surface area contributed by atoms with E-state index < -0.39 is 17.6 Å². The molecule has 0 amide bonds. The van der Waals surface area contributed by atoms with Crippen molar-refractivity contribution in [2.45, 2.75) is 32.7 Å². The summed E-state index contributed by atoms with van der Waals surface area (Å²) >= 11 is 0. The summed E-state index contributed by atoms with van der Waals surface area (Å²) in [6.45, 7) is 5.73. The van der Waals surface area contributed by atoms with Gasteiger partial charge in [-0.3, -0.25) is 4.98 Å². The molecule has 8 nitrogen and oxygen atoms in total. The van der Waals surface area contributed by atoms with Crippen molar-refractivity contribution in [1.82, 2.24) is 15.0 Å². The summed E-state index contributed by atoms with van der Waals surface area (Å²) in [6.07, 6.45) is -1.88. The number of pyridine rings is 1. The molecule has 4 rings (SSSR count). The second-order valence-corrected chi connectivity index (χ2v) is 8.58. The van der Waals surface area contributed by atoms with Crippen molar-refractivity contribution in [2.75, 3.05) is 29.9 Å². The van der Waals surface area contributed by atoms with Crippen molar-refractivity contribution in [3.05, 3.63) is 65.9 Å². The van der Waals surface area contributed by atoms with Gasteiger partial charge in [0.05, 0.1) is 42.0 Å². The van der Waals surface area contributed by atoms with Crippen LogP contribution >= 0.6 is 0 Å². The number of nitrogens with zero attached hydrogens (tertiary/aromatic N) is 6. The third kappa shape index (κ3) is 6.51. The Bertz CT molecular complexity index is 1200. The van der Waals surface area contributed by atoms with Gasteiger partial charge < -0.3 is 15.0 Å². The fourth-order valence-electron chi connectivity index (χ4n) is 3.59. The summed E-state index contributed by atoms with van der Waals surface area (Å²) in [5, 5.41) is 10.9. The van der Waals surface area contributed by atoms with E-state index >= 15 is 0 Å². The number of rotatable bonds is 7. The third-order valence-corrected chi connectivity index (χ3v) is 5.55. The predicted molar refractivity (Wildman–Crippen MR) is 126 cm³/mol. The van der Waals surface area contributed by atoms with E-state index in [-0.39, 0.29) is 30.3 Å². The predicted octanol–water partition coefficient (Wildman–Crippen LogP) is 5.92. The molecule has 3 aromatic rings. The highest BCUT2D eigenvalue weighted by Gasteiger charge is 2.30. The topological polar surface area (TPSA) is 87.9 Å². The number of halogens is 4. The smallest absolute Gasteiger partial charge is 0.374 e. The van der Waals surface area contributed by atoms with Crippen LogP contribution in [0.1, 0.15) is 25.1 Å². The van der Waals surface area contributed by atoms with Crippen LogP contribution in [0.2, 0.25) is 0 Å². The maximum absolute atomic E-state index is 14.4. The van der Waals surface area contributed by atoms with Crippen LogP contribution in [-0.2, 0) is 17.5 Å². The van der Waals surface area contributed by atoms with Gasteiger partial charge in [-0.15, -0.1) is 5.11 Å². The van der Waals surface area contributed by atoms with Gasteiger partial charge in [0.25, 0.3) is 5.95 Å². The molecule has 3 heterocycles. The number of hydrogen-bond acceptors (Lipinski definition) is 8. The lowest BCUT2D eigenvalue weighted by atomic mass is 10.1. The summed E-state index contributed by atoms with van der Waals surface area (Å²) in [6, 6.07) is 8.25. The first-order valence-electron chi connectivity index (χ1n) is 11.3. The molecule has 1 fully saturated rings. The maximum Gasteiger partial charge on any atom is 0.416 e. The molecule has 190 valence electrons. The zero-order valence-corrected chi connectivity index (χ0v) is 19.7. The highest BCUT2D eigenvalue weighted by atomic mass is 19.4. The van der Waals surface area contributed by atoms with Crippen molar-refractivity contribution in [3.63, 3.8) is 0 Å². The quantitative estimate of drug-likeness (QED) is 0.318. The highest BCUT2D eigenvalue weighted by Crippen LogP contribution is 2.31. The van der Waals surface area contributed by atoms with Crippen molar-refractivity contribution in [3.8, 4) is 0 Å². The van der Waals surface area contributed by atoms with E-state index in [4.69, 9.17) is 4.74 Å². The number of anilines is 3. The van der Waals surface area contributed by atoms with E-state index in [1.807, 2.05) is 18.7 Å². The van der Waals surface area contributed by atoms with Gasteiger partial charge in [-0.1, -0.05) is 19.9 Å². The molecule has 1 saturated heterocycles. The average Bonchev–Trinajstić information content (AvgIpc) is 2.86. The van der Waals surface area contributed by atoms with E-state index in [2.05, 4.69) is 30.5 Å². The average molecular weight is 504 g/mol. The zero-order chi connectivity index (χ0) is 25.7. The fraction of sp³-hybridized carbons (Fsp3) is 0.375. The van der Waals surface area contributed by atoms with Crippen molar-refractivity contribution < 1.29 is 22.3 Å². The number of morpholine rings is 1. The molecule has 1 unspecified atom stereocenters. The Morgan fingerprint density at radius 2 is 1.97 bits per heavy atom. The van der Waals surface area contributed by atoms with Crippen LogP contribution in [0.5, 0.6) is 0 Å². The number of alkyl halides is 3. The maximum atomic E-state index is 14.4. The van der Waals surface area contributed by atoms with Crippen LogP contribution in [0.4, 0.5) is 40.7 Å². The summed E-state index contributed by atoms with van der Waals surface area (Å²) in [4.78, 5) is 14.2. The first-order chi connectivity index (χ1) is 17.2. The fourth-order valence-corrected chi connectivity index (χ4v) is 3.59. The largest absolute Gasteiger partial charge is 0.416 e. The minimum atomic E-state index is -4.42. The Labute approximate surface area is 205 Å². The van der Waals surface area contributed by atoms with Crippen LogP contribution in [-0.4, -0.2) is 40.8 Å². The Morgan fingerprint density at radius 3 is 2.69 bits per heavy atom. The molecule has 1 aliphatic rings. The van der Waals surface area contributed by atoms with Gasteiger partial charge in [-0.25, -0.2) is 9.37 Å². The lowest BCUT2D eigenvalue weighted by molar-refractivity contribution is -0.137. The van der Waals surface area contributed by atoms with Gasteiger partial charge in [-0.2, -0.15) is 23.3 Å². The van der Waals surface area contributed by atoms with Crippen molar-refractivity contribution in [2.24, 2.45) is 16.1 Å². The molecule has 1 aromatic carbocycles. The lowest BCUT2D eigenvalue weighted by Crippen LogP contribution is -2.45. The lowest BCUT2D eigenvalue weighted by Gasteiger charge is -2.35. The molecule has 0 saturated carbocycles. The Morgan fingerprint density at radius 1 is 1.14 bits per heavy atom. The molecular weight excluding hydrogens is 478 g/mol. The molecule has 1 aliphatic heterocycles. The van der Waals surface area contributed by atoms with Crippen LogP contribution < -0.4 is 10.2 Å². The Kier molecular flexibility index (Phi) is 7.73. The zero-order valence-electron chi connectivity index (χ0n) is 19.7. The first-order valence-corrected chi connectivity index (χ1v) is 11.3. The molecule has 2 aromatic heterocycles. The molecule has 0 spiro atoms. The number of nitrogens with one attached hydrogen (secondary N) is 1. The van der Waals surface area contributed by atoms with Crippen molar-refractivity contribution >= 4 is 23.1 Å². The summed E-state index contributed by atoms with van der Waals surface area (Å²) in [5.74, 6) is -0.0576. The summed E-state index contributed by atoms with van der Waals surface area (Å²) in [7, 11) is 0. The van der Waals surface area contributed by atoms with Gasteiger partial charge in [-0.05, 0) is 36.2 Å². The molecular formula is C24H25F4N7O. The standard InChI is InChI=1S/C24H25F4N7O/c1-15(2)21-14-35(8-9-36-21)22-20(25)13-30-23(33-22)34-31-12-18-6-7-19(11-29-18)32-17-5-3-4-16(10-17)24(26,27)28/h3-7,10-11,13,15,21,32H,8-9,12,14H2,1-2H3. The molecule has 0 bridgehead atoms. The summed E-state index contributed by atoms with van der Waals surface area (Å²) < 4.78 is 58.8. The van der Waals surface area contributed by atoms with E-state index in [1.165, 1.54) is 18.3 Å². The second-order valence-electron chi connectivity index (χ2n) is 8.58. The van der Waals surface area contributed by atoms with Crippen LogP contribution in [0, 0.1) is 11.7 Å². The Balaban J connectivity index is 1.37. The molecule has 0 aliphatic carbocycles. The van der Waals surface area contributed by atoms with E-state index in [0.717, 1.165) is 18.3 Å². The van der Waals surface area contributed by atoms with E-state index in [0.29, 0.717) is 36.8 Å². The number of benzene rings is 1. The summed E-state index contributed by atoms with van der Waals surface area (Å²) in [5.41, 5.74) is 0.649. The normalized spacial score (nSPS) is 16.6. The van der Waals surface area contributed by atoms with Gasteiger partial charge in [0, 0.05) is 18.8 Å². The van der Waals surface area contributed by atoms with E-state index in [1.54, 1.807) is 12.1 Å². The first kappa shape index (κ1) is 25.4. The molecule has 1 atom stereocenters. The molecule has 0 radical (unpaired) electrons. The van der Waals surface area contributed by atoms with Crippen LogP contribution in [0.15, 0.2) is 59.0 Å². The van der Waals surface area contributed by atoms with Gasteiger partial charge in [0.2, 0.25) is 0 Å². The molecule has 12 heteroatoms. The third-order valence-electron chi connectivity index (χ3n) is 5.55. The van der Waals surface area contributed by atoms with Crippen LogP contribution in [0.3, 0.4) is 0 Å². The highest BCUT2D eigenvalue weighted by molar-refractivity contribution is 5.59. The SMILES string of the molecule is CC(C)C1CN(c2nc(N=NCc3ccc(Nc4cccc(C(F)(F)F)c4)cn3)ncc2F)CCO1. The number of azo groups is 1. The number of aromatic nitrogens is 3. The number of hydrogen-bond donors (Lipinski definition) is 1. The molecule has 36 heavy (non-hydrogen) atoms. The monoisotopic (exact) mass is 503 g/mol. The minimum Gasteiger partial charge on any atom is -0.374 e. The van der Waals surface area contributed by atoms with E-state index in [9.17, 15) is 17.6 Å². The number of ether oxygens (including phenoxy) is 1. The van der Waals surface area contributed by atoms with Crippen LogP contribution in [0.25, 0.3) is 0 Å². The minimum absolute atomic E-state index is 0.0182. The van der Waals surface area contributed by atoms with Gasteiger partial charge in [0.15, 0.2) is 11.6 Å². The van der Waals surface area contributed by atoms with Gasteiger partial charge >= 0.3 is 6.18 Å². The van der Waals surface area contributed by atoms with Gasteiger partial charge in [0.1, 0.15) is 6.54 Å². The molecule has 1 N–H and O–H groups in total. The Hall–Kier alpha value is -3.67.